The number of carbonyl (C=O) groups excluding carboxylic acids is 1. The number of anilines is 1. The number of nitrogens with one attached hydrogen (secondary N) is 1. The largest absolute Gasteiger partial charge is 0.354 e. The Balaban J connectivity index is 2.23. The van der Waals surface area contributed by atoms with Gasteiger partial charge in [-0.05, 0) is 18.2 Å². The Bertz CT molecular complexity index is 563. The molecule has 0 aliphatic carbocycles. The highest BCUT2D eigenvalue weighted by atomic mass is 35.5. The third kappa shape index (κ3) is 2.73. The summed E-state index contributed by atoms with van der Waals surface area (Å²) in [5, 5.41) is 6.82. The summed E-state index contributed by atoms with van der Waals surface area (Å²) in [6.45, 7) is 3.35. The van der Waals surface area contributed by atoms with E-state index in [0.717, 1.165) is 11.6 Å². The molecule has 0 fully saturated rings. The fourth-order valence-corrected chi connectivity index (χ4v) is 1.48. The Kier molecular flexibility index (Phi) is 3.25. The van der Waals surface area contributed by atoms with Gasteiger partial charge in [-0.1, -0.05) is 35.5 Å². The maximum absolute atomic E-state index is 11.0. The monoisotopic (exact) mass is 248 g/mol. The molecular weight excluding hydrogens is 240 g/mol. The van der Waals surface area contributed by atoms with Crippen LogP contribution in [0.25, 0.3) is 11.3 Å². The third-order valence-corrected chi connectivity index (χ3v) is 2.29. The van der Waals surface area contributed by atoms with Gasteiger partial charge in [-0.15, -0.1) is 0 Å². The van der Waals surface area contributed by atoms with Crippen molar-refractivity contribution in [3.05, 3.63) is 48.0 Å². The van der Waals surface area contributed by atoms with E-state index in [-0.39, 0.29) is 5.91 Å². The number of aromatic nitrogens is 1. The van der Waals surface area contributed by atoms with Gasteiger partial charge in [-0.3, -0.25) is 4.79 Å². The number of benzene rings is 1. The van der Waals surface area contributed by atoms with Gasteiger partial charge >= 0.3 is 0 Å². The molecule has 0 aliphatic heterocycles. The summed E-state index contributed by atoms with van der Waals surface area (Å²) < 4.78 is 5.09. The minimum absolute atomic E-state index is 0.337. The second kappa shape index (κ2) is 4.84. The van der Waals surface area contributed by atoms with Crippen molar-refractivity contribution < 1.29 is 9.32 Å². The smallest absolute Gasteiger partial charge is 0.249 e. The van der Waals surface area contributed by atoms with Crippen molar-refractivity contribution in [2.45, 2.75) is 0 Å². The van der Waals surface area contributed by atoms with E-state index in [1.807, 2.05) is 12.1 Å². The van der Waals surface area contributed by atoms with Gasteiger partial charge in [-0.2, -0.15) is 0 Å². The first-order valence-electron chi connectivity index (χ1n) is 4.85. The van der Waals surface area contributed by atoms with Crippen molar-refractivity contribution >= 4 is 23.3 Å². The predicted molar refractivity (Wildman–Crippen MR) is 65.8 cm³/mol. The molecule has 4 nitrogen and oxygen atoms in total. The Labute approximate surface area is 103 Å². The van der Waals surface area contributed by atoms with Crippen LogP contribution in [0.5, 0.6) is 0 Å². The van der Waals surface area contributed by atoms with E-state index < -0.39 is 0 Å². The number of rotatable bonds is 3. The highest BCUT2D eigenvalue weighted by molar-refractivity contribution is 6.30. The second-order valence-electron chi connectivity index (χ2n) is 3.28. The summed E-state index contributed by atoms with van der Waals surface area (Å²) in [5.74, 6) is 0.535. The minimum atomic E-state index is -0.337. The van der Waals surface area contributed by atoms with Gasteiger partial charge in [0, 0.05) is 16.7 Å². The molecule has 86 valence electrons. The van der Waals surface area contributed by atoms with Crippen molar-refractivity contribution in [2.75, 3.05) is 5.32 Å². The van der Waals surface area contributed by atoms with Crippen molar-refractivity contribution in [3.8, 4) is 11.3 Å². The van der Waals surface area contributed by atoms with Crippen LogP contribution in [-0.4, -0.2) is 11.1 Å². The van der Waals surface area contributed by atoms with Crippen LogP contribution < -0.4 is 5.32 Å². The summed E-state index contributed by atoms with van der Waals surface area (Å²) >= 11 is 5.86. The molecule has 1 aromatic heterocycles. The lowest BCUT2D eigenvalue weighted by Crippen LogP contribution is -2.06. The number of hydrogen-bond acceptors (Lipinski definition) is 3. The zero-order valence-corrected chi connectivity index (χ0v) is 9.57. The zero-order chi connectivity index (χ0) is 12.3. The molecular formula is C12H9ClN2O2. The molecule has 1 amide bonds. The lowest BCUT2D eigenvalue weighted by molar-refractivity contribution is -0.111. The standard InChI is InChI=1S/C12H9ClN2O2/c1-2-12(16)14-11-7-10(17-15-11)8-4-3-5-9(13)6-8/h2-7H,1H2,(H,14,15,16). The Morgan fingerprint density at radius 3 is 3.00 bits per heavy atom. The summed E-state index contributed by atoms with van der Waals surface area (Å²) in [7, 11) is 0. The normalized spacial score (nSPS) is 9.94. The zero-order valence-electron chi connectivity index (χ0n) is 8.81. The van der Waals surface area contributed by atoms with Crippen molar-refractivity contribution in [2.24, 2.45) is 0 Å². The van der Waals surface area contributed by atoms with E-state index in [1.54, 1.807) is 18.2 Å². The van der Waals surface area contributed by atoms with E-state index in [1.165, 1.54) is 0 Å². The van der Waals surface area contributed by atoms with Crippen LogP contribution >= 0.6 is 11.6 Å². The molecule has 0 aliphatic rings. The first-order chi connectivity index (χ1) is 8.19. The van der Waals surface area contributed by atoms with Crippen LogP contribution in [0, 0.1) is 0 Å². The number of hydrogen-bond donors (Lipinski definition) is 1. The van der Waals surface area contributed by atoms with Crippen molar-refractivity contribution in [1.29, 1.82) is 0 Å². The van der Waals surface area contributed by atoms with E-state index in [2.05, 4.69) is 17.1 Å². The molecule has 0 saturated heterocycles. The number of amides is 1. The van der Waals surface area contributed by atoms with E-state index >= 15 is 0 Å². The number of nitrogens with zero attached hydrogens (tertiary/aromatic N) is 1. The maximum Gasteiger partial charge on any atom is 0.249 e. The highest BCUT2D eigenvalue weighted by Gasteiger charge is 2.08. The molecule has 2 aromatic rings. The molecule has 0 spiro atoms. The van der Waals surface area contributed by atoms with Crippen LogP contribution in [-0.2, 0) is 4.79 Å². The van der Waals surface area contributed by atoms with Gasteiger partial charge < -0.3 is 9.84 Å². The SMILES string of the molecule is C=CC(=O)Nc1cc(-c2cccc(Cl)c2)on1. The van der Waals surface area contributed by atoms with E-state index in [9.17, 15) is 4.79 Å². The number of carbonyl (C=O) groups is 1. The summed E-state index contributed by atoms with van der Waals surface area (Å²) in [6.07, 6.45) is 1.16. The molecule has 0 unspecified atom stereocenters. The van der Waals surface area contributed by atoms with E-state index in [0.29, 0.717) is 16.6 Å². The molecule has 17 heavy (non-hydrogen) atoms. The predicted octanol–water partition coefficient (Wildman–Crippen LogP) is 3.12. The average Bonchev–Trinajstić information content (AvgIpc) is 2.77. The van der Waals surface area contributed by atoms with Gasteiger partial charge in [0.05, 0.1) is 0 Å². The van der Waals surface area contributed by atoms with Gasteiger partial charge in [0.15, 0.2) is 11.6 Å². The molecule has 0 radical (unpaired) electrons. The van der Waals surface area contributed by atoms with Gasteiger partial charge in [-0.25, -0.2) is 0 Å². The highest BCUT2D eigenvalue weighted by Crippen LogP contribution is 2.24. The van der Waals surface area contributed by atoms with Crippen LogP contribution in [0.2, 0.25) is 5.02 Å². The minimum Gasteiger partial charge on any atom is -0.354 e. The van der Waals surface area contributed by atoms with Crippen molar-refractivity contribution in [1.82, 2.24) is 5.16 Å². The van der Waals surface area contributed by atoms with E-state index in [4.69, 9.17) is 16.1 Å². The van der Waals surface area contributed by atoms with Crippen LogP contribution in [0.3, 0.4) is 0 Å². The Morgan fingerprint density at radius 2 is 2.29 bits per heavy atom. The average molecular weight is 249 g/mol. The fourth-order valence-electron chi connectivity index (χ4n) is 1.29. The topological polar surface area (TPSA) is 55.1 Å². The molecule has 1 heterocycles. The number of halogens is 1. The Morgan fingerprint density at radius 1 is 1.47 bits per heavy atom. The van der Waals surface area contributed by atoms with Crippen molar-refractivity contribution in [3.63, 3.8) is 0 Å². The van der Waals surface area contributed by atoms with Crippen LogP contribution in [0.15, 0.2) is 47.5 Å². The molecule has 1 N–H and O–H groups in total. The van der Waals surface area contributed by atoms with Gasteiger partial charge in [0.2, 0.25) is 5.91 Å². The summed E-state index contributed by atoms with van der Waals surface area (Å²) in [5.41, 5.74) is 0.795. The quantitative estimate of drug-likeness (QED) is 0.849. The second-order valence-corrected chi connectivity index (χ2v) is 3.72. The molecule has 1 aromatic carbocycles. The molecule has 0 atom stereocenters. The molecule has 0 bridgehead atoms. The Hall–Kier alpha value is -2.07. The first kappa shape index (κ1) is 11.4. The maximum atomic E-state index is 11.0. The molecule has 5 heteroatoms. The molecule has 0 saturated carbocycles. The fraction of sp³-hybridized carbons (Fsp3) is 0. The third-order valence-electron chi connectivity index (χ3n) is 2.06. The van der Waals surface area contributed by atoms with Gasteiger partial charge in [0.25, 0.3) is 0 Å². The summed E-state index contributed by atoms with van der Waals surface area (Å²) in [6, 6.07) is 8.78. The lowest BCUT2D eigenvalue weighted by atomic mass is 10.2. The van der Waals surface area contributed by atoms with Gasteiger partial charge in [0.1, 0.15) is 0 Å². The van der Waals surface area contributed by atoms with Crippen LogP contribution in [0.4, 0.5) is 5.82 Å². The van der Waals surface area contributed by atoms with Crippen LogP contribution in [0.1, 0.15) is 0 Å². The molecule has 2 rings (SSSR count). The summed E-state index contributed by atoms with van der Waals surface area (Å²) in [4.78, 5) is 11.0. The lowest BCUT2D eigenvalue weighted by Gasteiger charge is -1.94. The first-order valence-corrected chi connectivity index (χ1v) is 5.23.